The third-order valence-corrected chi connectivity index (χ3v) is 2.52. The summed E-state index contributed by atoms with van der Waals surface area (Å²) < 4.78 is 15.9. The van der Waals surface area contributed by atoms with Gasteiger partial charge in [0.05, 0.1) is 4.92 Å². The Morgan fingerprint density at radius 1 is 1.33 bits per heavy atom. The zero-order valence-electron chi connectivity index (χ0n) is 11.9. The molecule has 21 heavy (non-hydrogen) atoms. The van der Waals surface area contributed by atoms with Gasteiger partial charge in [-0.2, -0.15) is 0 Å². The molecule has 0 radical (unpaired) electrons. The molecule has 0 bridgehead atoms. The minimum Gasteiger partial charge on any atom is -0.481 e. The fourth-order valence-corrected chi connectivity index (χ4v) is 1.61. The van der Waals surface area contributed by atoms with Gasteiger partial charge in [-0.25, -0.2) is 0 Å². The van der Waals surface area contributed by atoms with Crippen LogP contribution in [0.3, 0.4) is 0 Å². The monoisotopic (exact) mass is 298 g/mol. The summed E-state index contributed by atoms with van der Waals surface area (Å²) in [6.07, 6.45) is -0.615. The Morgan fingerprint density at radius 2 is 1.95 bits per heavy atom. The second kappa shape index (κ2) is 8.18. The van der Waals surface area contributed by atoms with E-state index in [-0.39, 0.29) is 23.6 Å². The zero-order chi connectivity index (χ0) is 15.8. The topological polar surface area (TPSA) is 114 Å². The molecule has 0 heterocycles. The lowest BCUT2D eigenvalue weighted by molar-refractivity contribution is -0.386. The van der Waals surface area contributed by atoms with Gasteiger partial charge in [0.2, 0.25) is 5.91 Å². The van der Waals surface area contributed by atoms with E-state index in [0.29, 0.717) is 13.2 Å². The van der Waals surface area contributed by atoms with Crippen LogP contribution in [-0.2, 0) is 9.47 Å². The highest BCUT2D eigenvalue weighted by Crippen LogP contribution is 2.28. The van der Waals surface area contributed by atoms with E-state index in [1.54, 1.807) is 13.8 Å². The first-order chi connectivity index (χ1) is 9.99. The lowest BCUT2D eigenvalue weighted by atomic mass is 10.2. The lowest BCUT2D eigenvalue weighted by Gasteiger charge is -2.17. The van der Waals surface area contributed by atoms with Crippen molar-refractivity contribution >= 4 is 11.6 Å². The van der Waals surface area contributed by atoms with Gasteiger partial charge < -0.3 is 19.9 Å². The first-order valence-corrected chi connectivity index (χ1v) is 6.43. The number of carbonyl (C=O) groups excluding carboxylic acids is 1. The second-order valence-corrected chi connectivity index (χ2v) is 3.96. The third kappa shape index (κ3) is 5.01. The molecule has 0 fully saturated rings. The minimum absolute atomic E-state index is 0.00155. The van der Waals surface area contributed by atoms with E-state index in [1.807, 2.05) is 0 Å². The number of benzene rings is 1. The van der Waals surface area contributed by atoms with E-state index in [4.69, 9.17) is 19.9 Å². The van der Waals surface area contributed by atoms with Crippen LogP contribution in [0.2, 0.25) is 0 Å². The number of carbonyl (C=O) groups is 1. The predicted octanol–water partition coefficient (Wildman–Crippen LogP) is 1.47. The molecule has 1 aromatic rings. The minimum atomic E-state index is -0.744. The first kappa shape index (κ1) is 16.9. The summed E-state index contributed by atoms with van der Waals surface area (Å²) in [5, 5.41) is 11.0. The summed E-state index contributed by atoms with van der Waals surface area (Å²) in [5.74, 6) is -0.722. The van der Waals surface area contributed by atoms with Gasteiger partial charge in [0.25, 0.3) is 0 Å². The molecule has 1 rings (SSSR count). The number of nitrogens with zero attached hydrogens (tertiary/aromatic N) is 1. The summed E-state index contributed by atoms with van der Waals surface area (Å²) in [6, 6.07) is 3.77. The Morgan fingerprint density at radius 3 is 2.43 bits per heavy atom. The molecule has 0 unspecified atom stereocenters. The van der Waals surface area contributed by atoms with Gasteiger partial charge >= 0.3 is 5.69 Å². The average molecular weight is 298 g/mol. The van der Waals surface area contributed by atoms with Crippen LogP contribution in [0.25, 0.3) is 0 Å². The number of hydrogen-bond acceptors (Lipinski definition) is 6. The van der Waals surface area contributed by atoms with Crippen molar-refractivity contribution in [3.63, 3.8) is 0 Å². The van der Waals surface area contributed by atoms with E-state index >= 15 is 0 Å². The number of nitro benzene ring substituents is 1. The molecular weight excluding hydrogens is 280 g/mol. The predicted molar refractivity (Wildman–Crippen MR) is 74.1 cm³/mol. The zero-order valence-corrected chi connectivity index (χ0v) is 11.9. The number of ether oxygens (including phenoxy) is 3. The molecule has 0 aliphatic heterocycles. The molecule has 1 amide bonds. The number of amides is 1. The number of rotatable bonds is 9. The van der Waals surface area contributed by atoms with Gasteiger partial charge in [-0.3, -0.25) is 14.9 Å². The van der Waals surface area contributed by atoms with Crippen molar-refractivity contribution in [3.05, 3.63) is 33.9 Å². The molecule has 0 spiro atoms. The number of nitro groups is 1. The number of nitrogens with two attached hydrogens (primary N) is 1. The van der Waals surface area contributed by atoms with Crippen molar-refractivity contribution in [2.75, 3.05) is 19.8 Å². The molecule has 0 aromatic heterocycles. The molecular formula is C13H18N2O6. The van der Waals surface area contributed by atoms with Crippen molar-refractivity contribution < 1.29 is 23.9 Å². The Kier molecular flexibility index (Phi) is 6.57. The molecule has 0 saturated heterocycles. The van der Waals surface area contributed by atoms with Crippen molar-refractivity contribution in [2.45, 2.75) is 20.1 Å². The van der Waals surface area contributed by atoms with Crippen LogP contribution in [0.15, 0.2) is 18.2 Å². The van der Waals surface area contributed by atoms with Crippen LogP contribution in [0.1, 0.15) is 24.2 Å². The average Bonchev–Trinajstić information content (AvgIpc) is 2.44. The number of primary amides is 1. The normalized spacial score (nSPS) is 10.6. The molecule has 0 aliphatic rings. The van der Waals surface area contributed by atoms with Gasteiger partial charge in [0, 0.05) is 24.8 Å². The van der Waals surface area contributed by atoms with Crippen molar-refractivity contribution in [2.24, 2.45) is 5.73 Å². The Labute approximate surface area is 121 Å². The van der Waals surface area contributed by atoms with Gasteiger partial charge in [0.15, 0.2) is 12.0 Å². The van der Waals surface area contributed by atoms with E-state index in [1.165, 1.54) is 12.1 Å². The van der Waals surface area contributed by atoms with Crippen LogP contribution in [0.4, 0.5) is 5.69 Å². The molecule has 1 aromatic carbocycles. The largest absolute Gasteiger partial charge is 0.481 e. The summed E-state index contributed by atoms with van der Waals surface area (Å²) in [4.78, 5) is 21.4. The second-order valence-electron chi connectivity index (χ2n) is 3.96. The van der Waals surface area contributed by atoms with Gasteiger partial charge in [-0.05, 0) is 26.0 Å². The van der Waals surface area contributed by atoms with Crippen LogP contribution in [0, 0.1) is 10.1 Å². The maximum absolute atomic E-state index is 11.0. The summed E-state index contributed by atoms with van der Waals surface area (Å²) in [5.41, 5.74) is 4.80. The van der Waals surface area contributed by atoms with E-state index in [0.717, 1.165) is 6.07 Å². The quantitative estimate of drug-likeness (QED) is 0.419. The Balaban J connectivity index is 2.86. The van der Waals surface area contributed by atoms with E-state index in [2.05, 4.69) is 0 Å². The molecule has 0 atom stereocenters. The van der Waals surface area contributed by atoms with Gasteiger partial charge in [-0.1, -0.05) is 0 Å². The van der Waals surface area contributed by atoms with Crippen LogP contribution in [-0.4, -0.2) is 36.9 Å². The summed E-state index contributed by atoms with van der Waals surface area (Å²) in [6.45, 7) is 4.46. The van der Waals surface area contributed by atoms with Crippen molar-refractivity contribution in [1.29, 1.82) is 0 Å². The first-order valence-electron chi connectivity index (χ1n) is 6.43. The highest BCUT2D eigenvalue weighted by atomic mass is 16.7. The Hall–Kier alpha value is -2.19. The molecule has 8 heteroatoms. The maximum Gasteiger partial charge on any atom is 0.311 e. The molecule has 2 N–H and O–H groups in total. The fraction of sp³-hybridized carbons (Fsp3) is 0.462. The van der Waals surface area contributed by atoms with E-state index < -0.39 is 17.1 Å². The third-order valence-electron chi connectivity index (χ3n) is 2.52. The summed E-state index contributed by atoms with van der Waals surface area (Å²) in [7, 11) is 0. The SMILES string of the molecule is CCOC(COc1ccc(C(N)=O)cc1[N+](=O)[O-])OCC. The molecule has 8 nitrogen and oxygen atoms in total. The van der Waals surface area contributed by atoms with Crippen molar-refractivity contribution in [3.8, 4) is 5.75 Å². The lowest BCUT2D eigenvalue weighted by Crippen LogP contribution is -2.25. The standard InChI is InChI=1S/C13H18N2O6/c1-3-19-12(20-4-2)8-21-11-6-5-9(13(14)16)7-10(11)15(17)18/h5-7,12H,3-4,8H2,1-2H3,(H2,14,16). The van der Waals surface area contributed by atoms with Gasteiger partial charge in [0.1, 0.15) is 6.61 Å². The van der Waals surface area contributed by atoms with Gasteiger partial charge in [-0.15, -0.1) is 0 Å². The molecule has 116 valence electrons. The summed E-state index contributed by atoms with van der Waals surface area (Å²) >= 11 is 0. The van der Waals surface area contributed by atoms with Crippen molar-refractivity contribution in [1.82, 2.24) is 0 Å². The van der Waals surface area contributed by atoms with Crippen LogP contribution >= 0.6 is 0 Å². The smallest absolute Gasteiger partial charge is 0.311 e. The highest BCUT2D eigenvalue weighted by molar-refractivity contribution is 5.93. The Bertz CT molecular complexity index is 499. The number of hydrogen-bond donors (Lipinski definition) is 1. The maximum atomic E-state index is 11.0. The fourth-order valence-electron chi connectivity index (χ4n) is 1.61. The van der Waals surface area contributed by atoms with Crippen LogP contribution in [0.5, 0.6) is 5.75 Å². The molecule has 0 aliphatic carbocycles. The van der Waals surface area contributed by atoms with Crippen LogP contribution < -0.4 is 10.5 Å². The highest BCUT2D eigenvalue weighted by Gasteiger charge is 2.19. The molecule has 0 saturated carbocycles. The van der Waals surface area contributed by atoms with E-state index in [9.17, 15) is 14.9 Å².